The lowest BCUT2D eigenvalue weighted by atomic mass is 10.1. The molecule has 0 saturated carbocycles. The van der Waals surface area contributed by atoms with Crippen LogP contribution in [-0.2, 0) is 0 Å². The summed E-state index contributed by atoms with van der Waals surface area (Å²) in [5.74, 6) is 2.63. The van der Waals surface area contributed by atoms with Crippen molar-refractivity contribution in [3.05, 3.63) is 0 Å². The number of nitrogens with zero attached hydrogens (tertiary/aromatic N) is 3. The highest BCUT2D eigenvalue weighted by molar-refractivity contribution is 7.99. The zero-order chi connectivity index (χ0) is 19.2. The molecule has 5 nitrogen and oxygen atoms in total. The lowest BCUT2D eigenvalue weighted by molar-refractivity contribution is -0.146. The number of aliphatic imine (C=N–C) groups is 1. The van der Waals surface area contributed by atoms with Crippen molar-refractivity contribution >= 4 is 17.7 Å². The van der Waals surface area contributed by atoms with E-state index in [1.807, 2.05) is 6.92 Å². The normalized spacial score (nSPS) is 27.6. The molecule has 0 bridgehead atoms. The number of rotatable bonds is 7. The van der Waals surface area contributed by atoms with Crippen LogP contribution in [0.15, 0.2) is 4.99 Å². The second kappa shape index (κ2) is 9.50. The first-order chi connectivity index (χ1) is 12.2. The summed E-state index contributed by atoms with van der Waals surface area (Å²) in [6.07, 6.45) is -2.54. The summed E-state index contributed by atoms with van der Waals surface area (Å²) in [5, 5.41) is 13.7. The molecule has 2 atom stereocenters. The number of alkyl halides is 3. The maximum atomic E-state index is 12.6. The van der Waals surface area contributed by atoms with Crippen LogP contribution in [-0.4, -0.2) is 90.0 Å². The lowest BCUT2D eigenvalue weighted by Gasteiger charge is -2.26. The van der Waals surface area contributed by atoms with E-state index in [0.717, 1.165) is 37.6 Å². The average Bonchev–Trinajstić information content (AvgIpc) is 3.19. The molecule has 26 heavy (non-hydrogen) atoms. The van der Waals surface area contributed by atoms with Crippen LogP contribution in [0.1, 0.15) is 26.7 Å². The van der Waals surface area contributed by atoms with Crippen molar-refractivity contribution in [2.45, 2.75) is 38.5 Å². The smallest absolute Gasteiger partial charge is 0.387 e. The molecule has 9 heteroatoms. The van der Waals surface area contributed by atoms with Gasteiger partial charge in [-0.05, 0) is 38.0 Å². The van der Waals surface area contributed by atoms with Crippen molar-refractivity contribution in [3.8, 4) is 0 Å². The zero-order valence-corrected chi connectivity index (χ0v) is 16.5. The van der Waals surface area contributed by atoms with Gasteiger partial charge in [-0.15, -0.1) is 0 Å². The van der Waals surface area contributed by atoms with E-state index in [9.17, 15) is 18.3 Å². The third-order valence-corrected chi connectivity index (χ3v) is 6.13. The molecule has 2 aliphatic heterocycles. The molecule has 0 aromatic carbocycles. The van der Waals surface area contributed by atoms with E-state index in [1.54, 1.807) is 18.7 Å². The number of guanidine groups is 1. The Morgan fingerprint density at radius 1 is 1.42 bits per heavy atom. The number of hydrogen-bond donors (Lipinski definition) is 2. The molecule has 2 N–H and O–H groups in total. The first-order valence-corrected chi connectivity index (χ1v) is 10.5. The highest BCUT2D eigenvalue weighted by Gasteiger charge is 2.34. The van der Waals surface area contributed by atoms with Crippen molar-refractivity contribution in [1.29, 1.82) is 0 Å². The van der Waals surface area contributed by atoms with E-state index in [2.05, 4.69) is 15.2 Å². The van der Waals surface area contributed by atoms with Gasteiger partial charge in [-0.1, -0.05) is 6.92 Å². The van der Waals surface area contributed by atoms with Crippen LogP contribution in [0, 0.1) is 5.92 Å². The van der Waals surface area contributed by atoms with Crippen molar-refractivity contribution < 1.29 is 18.3 Å². The maximum absolute atomic E-state index is 12.6. The largest absolute Gasteiger partial charge is 0.401 e. The van der Waals surface area contributed by atoms with E-state index in [4.69, 9.17) is 0 Å². The van der Waals surface area contributed by atoms with Crippen molar-refractivity contribution in [2.75, 3.05) is 57.3 Å². The molecule has 2 heterocycles. The summed E-state index contributed by atoms with van der Waals surface area (Å²) >= 11 is 1.74. The average molecular weight is 397 g/mol. The van der Waals surface area contributed by atoms with E-state index in [-0.39, 0.29) is 5.92 Å². The molecule has 0 spiro atoms. The van der Waals surface area contributed by atoms with E-state index in [1.165, 1.54) is 4.90 Å². The minimum atomic E-state index is -4.15. The molecular weight excluding hydrogens is 365 g/mol. The summed E-state index contributed by atoms with van der Waals surface area (Å²) in [6.45, 7) is 6.34. The standard InChI is InChI=1S/C17H31F3N4OS/c1-3-21-15(22-11-16(25)6-8-26-13-16)24-7-5-14(10-24)9-23(4-2)12-17(18,19)20/h14,25H,3-13H2,1-2H3,(H,21,22). The van der Waals surface area contributed by atoms with Crippen molar-refractivity contribution in [2.24, 2.45) is 10.9 Å². The Hall–Kier alpha value is -0.670. The van der Waals surface area contributed by atoms with Crippen molar-refractivity contribution in [3.63, 3.8) is 0 Å². The second-order valence-corrected chi connectivity index (χ2v) is 8.35. The molecule has 0 radical (unpaired) electrons. The second-order valence-electron chi connectivity index (χ2n) is 7.24. The van der Waals surface area contributed by atoms with Crippen LogP contribution >= 0.6 is 11.8 Å². The first kappa shape index (κ1) is 21.6. The van der Waals surface area contributed by atoms with Gasteiger partial charge in [-0.3, -0.25) is 9.89 Å². The number of nitrogens with one attached hydrogen (secondary N) is 1. The quantitative estimate of drug-likeness (QED) is 0.509. The third-order valence-electron chi connectivity index (χ3n) is 4.89. The van der Waals surface area contributed by atoms with Crippen LogP contribution in [0.3, 0.4) is 0 Å². The van der Waals surface area contributed by atoms with Crippen LogP contribution in [0.5, 0.6) is 0 Å². The highest BCUT2D eigenvalue weighted by atomic mass is 32.2. The van der Waals surface area contributed by atoms with E-state index >= 15 is 0 Å². The highest BCUT2D eigenvalue weighted by Crippen LogP contribution is 2.28. The Morgan fingerprint density at radius 2 is 2.19 bits per heavy atom. The topological polar surface area (TPSA) is 51.1 Å². The monoisotopic (exact) mass is 396 g/mol. The molecule has 2 rings (SSSR count). The van der Waals surface area contributed by atoms with Gasteiger partial charge in [0, 0.05) is 31.9 Å². The summed E-state index contributed by atoms with van der Waals surface area (Å²) in [5.41, 5.74) is -0.726. The number of hydrogen-bond acceptors (Lipinski definition) is 4. The Kier molecular flexibility index (Phi) is 7.90. The Labute approximate surface area is 158 Å². The number of aliphatic hydroxyl groups is 1. The van der Waals surface area contributed by atoms with Gasteiger partial charge in [-0.2, -0.15) is 24.9 Å². The van der Waals surface area contributed by atoms with E-state index in [0.29, 0.717) is 31.9 Å². The van der Waals surface area contributed by atoms with E-state index < -0.39 is 18.3 Å². The van der Waals surface area contributed by atoms with Gasteiger partial charge in [-0.25, -0.2) is 0 Å². The minimum Gasteiger partial charge on any atom is -0.387 e. The van der Waals surface area contributed by atoms with Crippen LogP contribution in [0.25, 0.3) is 0 Å². The molecule has 0 aliphatic carbocycles. The number of likely N-dealkylation sites (tertiary alicyclic amines) is 1. The maximum Gasteiger partial charge on any atom is 0.401 e. The summed E-state index contributed by atoms with van der Waals surface area (Å²) < 4.78 is 37.9. The predicted octanol–water partition coefficient (Wildman–Crippen LogP) is 2.03. The molecule has 0 aromatic rings. The fraction of sp³-hybridized carbons (Fsp3) is 0.941. The predicted molar refractivity (Wildman–Crippen MR) is 101 cm³/mol. The van der Waals surface area contributed by atoms with Gasteiger partial charge >= 0.3 is 6.18 Å². The fourth-order valence-corrected chi connectivity index (χ4v) is 4.75. The Balaban J connectivity index is 1.90. The van der Waals surface area contributed by atoms with Gasteiger partial charge in [0.05, 0.1) is 18.7 Å². The molecule has 2 aliphatic rings. The van der Waals surface area contributed by atoms with Gasteiger partial charge in [0.25, 0.3) is 0 Å². The molecule has 0 aromatic heterocycles. The zero-order valence-electron chi connectivity index (χ0n) is 15.7. The van der Waals surface area contributed by atoms with Gasteiger partial charge in [0.2, 0.25) is 0 Å². The fourth-order valence-electron chi connectivity index (χ4n) is 3.47. The number of halogens is 3. The molecule has 2 saturated heterocycles. The molecule has 2 unspecified atom stereocenters. The SMILES string of the molecule is CCNC(=NCC1(O)CCSC1)N1CCC(CN(CC)CC(F)(F)F)C1. The van der Waals surface area contributed by atoms with Gasteiger partial charge < -0.3 is 15.3 Å². The molecule has 2 fully saturated rings. The van der Waals surface area contributed by atoms with Crippen LogP contribution in [0.2, 0.25) is 0 Å². The number of thioether (sulfide) groups is 1. The lowest BCUT2D eigenvalue weighted by Crippen LogP contribution is -2.43. The third kappa shape index (κ3) is 6.81. The molecular formula is C17H31F3N4OS. The first-order valence-electron chi connectivity index (χ1n) is 9.37. The molecule has 0 amide bonds. The Bertz CT molecular complexity index is 469. The van der Waals surface area contributed by atoms with Crippen LogP contribution in [0.4, 0.5) is 13.2 Å². The summed E-state index contributed by atoms with van der Waals surface area (Å²) in [4.78, 5) is 8.20. The van der Waals surface area contributed by atoms with Crippen molar-refractivity contribution in [1.82, 2.24) is 15.1 Å². The Morgan fingerprint density at radius 3 is 2.77 bits per heavy atom. The summed E-state index contributed by atoms with van der Waals surface area (Å²) in [7, 11) is 0. The minimum absolute atomic E-state index is 0.200. The van der Waals surface area contributed by atoms with Gasteiger partial charge in [0.1, 0.15) is 0 Å². The van der Waals surface area contributed by atoms with Crippen LogP contribution < -0.4 is 5.32 Å². The summed E-state index contributed by atoms with van der Waals surface area (Å²) in [6, 6.07) is 0. The molecule has 152 valence electrons. The van der Waals surface area contributed by atoms with Gasteiger partial charge in [0.15, 0.2) is 5.96 Å².